The van der Waals surface area contributed by atoms with E-state index in [0.29, 0.717) is 0 Å². The van der Waals surface area contributed by atoms with Gasteiger partial charge in [0.25, 0.3) is 0 Å². The Morgan fingerprint density at radius 3 is 1.35 bits per heavy atom. The summed E-state index contributed by atoms with van der Waals surface area (Å²) in [6.45, 7) is 15.2. The molecule has 0 aromatic carbocycles. The smallest absolute Gasteiger partial charge is 0.385 e. The number of alkyl halides is 6. The summed E-state index contributed by atoms with van der Waals surface area (Å²) in [5.74, 6) is -6.40. The Bertz CT molecular complexity index is 395. The quantitative estimate of drug-likeness (QED) is 0.241. The van der Waals surface area contributed by atoms with Gasteiger partial charge in [0.2, 0.25) is 0 Å². The highest BCUT2D eigenvalue weighted by Gasteiger charge is 2.49. The maximum Gasteiger partial charge on any atom is 0.491 e. The molecule has 31 heavy (non-hydrogen) atoms. The van der Waals surface area contributed by atoms with Crippen LogP contribution in [0.5, 0.6) is 0 Å². The molecular weight excluding hydrogens is 436 g/mol. The normalized spacial score (nSPS) is 13.2. The van der Waals surface area contributed by atoms with Crippen molar-refractivity contribution in [2.75, 3.05) is 46.6 Å². The van der Waals surface area contributed by atoms with Crippen LogP contribution >= 0.6 is 0 Å². The summed E-state index contributed by atoms with van der Waals surface area (Å²) in [6, 6.07) is 0. The van der Waals surface area contributed by atoms with E-state index in [9.17, 15) is 35.9 Å². The van der Waals surface area contributed by atoms with Gasteiger partial charge in [0, 0.05) is 26.9 Å². The summed E-state index contributed by atoms with van der Waals surface area (Å²) in [5.41, 5.74) is 0. The van der Waals surface area contributed by atoms with E-state index < -0.39 is 24.3 Å². The third kappa shape index (κ3) is 24.7. The van der Waals surface area contributed by atoms with Crippen molar-refractivity contribution in [1.29, 1.82) is 0 Å². The first-order valence-electron chi connectivity index (χ1n) is 10.0. The Labute approximate surface area is 180 Å². The van der Waals surface area contributed by atoms with E-state index in [1.165, 1.54) is 45.3 Å². The van der Waals surface area contributed by atoms with Gasteiger partial charge in [-0.05, 0) is 38.9 Å². The average molecular weight is 471 g/mol. The molecular formula is C19H35F6NO5. The standard InChI is InChI=1S/C6H15N.C5H12O.C4F6O3.C4H8O/c1-4-7(5-2)6-3;1-3-4-5-6-2;5-3(6,7)1(11)13-2(12)4(8,9)10;1-2-4-5-3-1/h4-6H2,1-3H3;3-5H2,1-2H3;;1-4H2. The minimum atomic E-state index is -5.62. The Hall–Kier alpha value is -1.40. The fourth-order valence-electron chi connectivity index (χ4n) is 1.67. The molecule has 0 aromatic heterocycles. The lowest BCUT2D eigenvalue weighted by Crippen LogP contribution is -2.34. The first-order chi connectivity index (χ1) is 14.3. The summed E-state index contributed by atoms with van der Waals surface area (Å²) in [7, 11) is 1.73. The zero-order valence-corrected chi connectivity index (χ0v) is 18.8. The predicted molar refractivity (Wildman–Crippen MR) is 104 cm³/mol. The molecule has 12 heteroatoms. The zero-order chi connectivity index (χ0) is 24.9. The van der Waals surface area contributed by atoms with Gasteiger partial charge in [-0.1, -0.05) is 34.1 Å². The molecule has 0 radical (unpaired) electrons. The second-order valence-corrected chi connectivity index (χ2v) is 5.96. The highest BCUT2D eigenvalue weighted by molar-refractivity contribution is 5.90. The highest BCUT2D eigenvalue weighted by atomic mass is 19.4. The van der Waals surface area contributed by atoms with Gasteiger partial charge in [-0.15, -0.1) is 0 Å². The molecule has 0 atom stereocenters. The molecule has 1 saturated heterocycles. The minimum absolute atomic E-state index is 0.913. The second-order valence-electron chi connectivity index (χ2n) is 5.96. The van der Waals surface area contributed by atoms with Crippen LogP contribution in [0.1, 0.15) is 53.4 Å². The fourth-order valence-corrected chi connectivity index (χ4v) is 1.67. The number of hydrogen-bond acceptors (Lipinski definition) is 6. The Kier molecular flexibility index (Phi) is 22.6. The molecule has 1 fully saturated rings. The van der Waals surface area contributed by atoms with Gasteiger partial charge in [0.05, 0.1) is 0 Å². The molecule has 6 nitrogen and oxygen atoms in total. The van der Waals surface area contributed by atoms with Gasteiger partial charge in [-0.25, -0.2) is 9.59 Å². The SMILES string of the molecule is C1CCOC1.CCCCOC.CCN(CC)CC.O=C(OC(=O)C(F)(F)F)C(F)(F)F. The van der Waals surface area contributed by atoms with Gasteiger partial charge in [-0.3, -0.25) is 0 Å². The monoisotopic (exact) mass is 471 g/mol. The van der Waals surface area contributed by atoms with Crippen LogP contribution in [0.3, 0.4) is 0 Å². The zero-order valence-electron chi connectivity index (χ0n) is 18.8. The summed E-state index contributed by atoms with van der Waals surface area (Å²) < 4.78 is 79.4. The third-order valence-corrected chi connectivity index (χ3v) is 3.52. The number of methoxy groups -OCH3 is 1. The van der Waals surface area contributed by atoms with E-state index in [2.05, 4.69) is 37.3 Å². The number of carbonyl (C=O) groups is 2. The fraction of sp³-hybridized carbons (Fsp3) is 0.895. The minimum Gasteiger partial charge on any atom is -0.385 e. The summed E-state index contributed by atoms with van der Waals surface area (Å²) in [6.07, 6.45) is -6.27. The first kappa shape index (κ1) is 34.2. The molecule has 0 saturated carbocycles. The number of esters is 2. The van der Waals surface area contributed by atoms with Crippen molar-refractivity contribution in [3.63, 3.8) is 0 Å². The Balaban J connectivity index is -0.000000367. The van der Waals surface area contributed by atoms with Crippen LogP contribution in [0, 0.1) is 0 Å². The number of hydrogen-bond donors (Lipinski definition) is 0. The number of ether oxygens (including phenoxy) is 3. The summed E-state index contributed by atoms with van der Waals surface area (Å²) in [4.78, 5) is 21.7. The molecule has 1 aliphatic rings. The van der Waals surface area contributed by atoms with Crippen molar-refractivity contribution < 1.29 is 50.1 Å². The lowest BCUT2D eigenvalue weighted by molar-refractivity contribution is -0.221. The molecule has 1 rings (SSSR count). The molecule has 1 heterocycles. The van der Waals surface area contributed by atoms with Gasteiger partial charge in [0.15, 0.2) is 0 Å². The molecule has 0 N–H and O–H groups in total. The maximum atomic E-state index is 11.2. The van der Waals surface area contributed by atoms with Crippen LogP contribution in [0.15, 0.2) is 0 Å². The van der Waals surface area contributed by atoms with Gasteiger partial charge in [-0.2, -0.15) is 26.3 Å². The van der Waals surface area contributed by atoms with Crippen LogP contribution in [0.4, 0.5) is 26.3 Å². The van der Waals surface area contributed by atoms with E-state index in [-0.39, 0.29) is 0 Å². The highest BCUT2D eigenvalue weighted by Crippen LogP contribution is 2.21. The van der Waals surface area contributed by atoms with Crippen LogP contribution in [-0.2, 0) is 23.8 Å². The van der Waals surface area contributed by atoms with Crippen molar-refractivity contribution >= 4 is 11.9 Å². The first-order valence-corrected chi connectivity index (χ1v) is 10.0. The average Bonchev–Trinajstić information content (AvgIpc) is 3.27. The molecule has 0 unspecified atom stereocenters. The van der Waals surface area contributed by atoms with E-state index in [1.807, 2.05) is 0 Å². The van der Waals surface area contributed by atoms with Gasteiger partial charge < -0.3 is 19.1 Å². The van der Waals surface area contributed by atoms with Crippen LogP contribution in [0.2, 0.25) is 0 Å². The third-order valence-electron chi connectivity index (χ3n) is 3.52. The molecule has 0 aliphatic carbocycles. The van der Waals surface area contributed by atoms with E-state index in [4.69, 9.17) is 9.47 Å². The van der Waals surface area contributed by atoms with Crippen molar-refractivity contribution in [2.45, 2.75) is 65.7 Å². The van der Waals surface area contributed by atoms with Crippen molar-refractivity contribution in [3.8, 4) is 0 Å². The van der Waals surface area contributed by atoms with E-state index in [1.54, 1.807) is 7.11 Å². The number of halogens is 6. The number of unbranched alkanes of at least 4 members (excludes halogenated alkanes) is 1. The van der Waals surface area contributed by atoms with Crippen molar-refractivity contribution in [3.05, 3.63) is 0 Å². The Morgan fingerprint density at radius 1 is 0.839 bits per heavy atom. The van der Waals surface area contributed by atoms with E-state index >= 15 is 0 Å². The number of carbonyl (C=O) groups excluding carboxylic acids is 2. The maximum absolute atomic E-state index is 11.2. The second kappa shape index (κ2) is 20.5. The topological polar surface area (TPSA) is 65.1 Å². The molecule has 0 aromatic rings. The number of nitrogens with zero attached hydrogens (tertiary/aromatic N) is 1. The van der Waals surface area contributed by atoms with Gasteiger partial charge >= 0.3 is 24.3 Å². The molecule has 0 bridgehead atoms. The molecule has 0 spiro atoms. The summed E-state index contributed by atoms with van der Waals surface area (Å²) >= 11 is 0. The summed E-state index contributed by atoms with van der Waals surface area (Å²) in [5, 5.41) is 0. The van der Waals surface area contributed by atoms with Gasteiger partial charge in [0.1, 0.15) is 0 Å². The van der Waals surface area contributed by atoms with E-state index in [0.717, 1.165) is 19.8 Å². The number of rotatable bonds is 6. The van der Waals surface area contributed by atoms with Crippen molar-refractivity contribution in [2.24, 2.45) is 0 Å². The molecule has 1 aliphatic heterocycles. The predicted octanol–water partition coefficient (Wildman–Crippen LogP) is 4.76. The molecule has 0 amide bonds. The van der Waals surface area contributed by atoms with Crippen molar-refractivity contribution in [1.82, 2.24) is 4.90 Å². The largest absolute Gasteiger partial charge is 0.491 e. The Morgan fingerprint density at radius 2 is 1.23 bits per heavy atom. The van der Waals surface area contributed by atoms with Crippen LogP contribution in [-0.4, -0.2) is 75.8 Å². The van der Waals surface area contributed by atoms with Crippen LogP contribution < -0.4 is 0 Å². The van der Waals surface area contributed by atoms with Crippen LogP contribution in [0.25, 0.3) is 0 Å². The lowest BCUT2D eigenvalue weighted by Gasteiger charge is -2.13. The molecule has 188 valence electrons. The lowest BCUT2D eigenvalue weighted by atomic mass is 10.4.